The van der Waals surface area contributed by atoms with Crippen LogP contribution in [0, 0.1) is 0 Å². The average Bonchev–Trinajstić information content (AvgIpc) is 3.13. The molecule has 0 bridgehead atoms. The topological polar surface area (TPSA) is 51.1 Å². The van der Waals surface area contributed by atoms with Gasteiger partial charge in [0.25, 0.3) is 5.91 Å². The molecule has 0 radical (unpaired) electrons. The second-order valence-corrected chi connectivity index (χ2v) is 10.2. The van der Waals surface area contributed by atoms with Crippen molar-refractivity contribution in [1.29, 1.82) is 0 Å². The van der Waals surface area contributed by atoms with Crippen LogP contribution in [0.15, 0.2) is 75.0 Å². The van der Waals surface area contributed by atoms with Crippen LogP contribution in [0.2, 0.25) is 10.0 Å². The zero-order valence-electron chi connectivity index (χ0n) is 18.9. The second-order valence-electron chi connectivity index (χ2n) is 7.46. The van der Waals surface area contributed by atoms with Crippen molar-refractivity contribution >= 4 is 73.7 Å². The highest BCUT2D eigenvalue weighted by Crippen LogP contribution is 2.36. The highest BCUT2D eigenvalue weighted by Gasteiger charge is 2.32. The van der Waals surface area contributed by atoms with Crippen molar-refractivity contribution in [2.24, 2.45) is 4.99 Å². The summed E-state index contributed by atoms with van der Waals surface area (Å²) in [6.07, 6.45) is 1.83. The number of aliphatic imine (C=N–C) groups is 1. The number of benzene rings is 3. The fourth-order valence-corrected chi connectivity index (χ4v) is 5.23. The highest BCUT2D eigenvalue weighted by atomic mass is 79.9. The lowest BCUT2D eigenvalue weighted by Crippen LogP contribution is -2.28. The van der Waals surface area contributed by atoms with E-state index in [1.54, 1.807) is 24.1 Å². The molecule has 1 heterocycles. The van der Waals surface area contributed by atoms with E-state index >= 15 is 0 Å². The Balaban J connectivity index is 1.61. The molecule has 1 fully saturated rings. The molecular weight excluding hydrogens is 571 g/mol. The Morgan fingerprint density at radius 3 is 2.54 bits per heavy atom. The standard InChI is InChI=1S/C26H21BrCl2N2O3S/c1-3-31-25(32)24(35-26(31)30-20-7-9-21(33-2)10-8-20)13-17-12-18(27)5-11-23(17)34-15-16-4-6-19(28)14-22(16)29/h4-14H,3,15H2,1-2H3/b24-13+,30-26?. The first-order chi connectivity index (χ1) is 16.9. The number of thioether (sulfide) groups is 1. The molecule has 0 aromatic heterocycles. The first-order valence-corrected chi connectivity index (χ1v) is 13.0. The molecule has 9 heteroatoms. The van der Waals surface area contributed by atoms with E-state index in [0.717, 1.165) is 27.0 Å². The fraction of sp³-hybridized carbons (Fsp3) is 0.154. The Hall–Kier alpha value is -2.45. The highest BCUT2D eigenvalue weighted by molar-refractivity contribution is 9.10. The fourth-order valence-electron chi connectivity index (χ4n) is 3.34. The van der Waals surface area contributed by atoms with Gasteiger partial charge in [-0.3, -0.25) is 9.69 Å². The zero-order valence-corrected chi connectivity index (χ0v) is 22.8. The molecule has 5 nitrogen and oxygen atoms in total. The number of amides is 1. The Morgan fingerprint density at radius 2 is 1.86 bits per heavy atom. The molecule has 0 spiro atoms. The molecule has 0 aliphatic carbocycles. The maximum Gasteiger partial charge on any atom is 0.266 e. The summed E-state index contributed by atoms with van der Waals surface area (Å²) in [4.78, 5) is 20.1. The molecule has 1 aliphatic rings. The van der Waals surface area contributed by atoms with Crippen molar-refractivity contribution in [3.05, 3.63) is 91.2 Å². The molecule has 0 atom stereocenters. The van der Waals surface area contributed by atoms with Gasteiger partial charge in [0.05, 0.1) is 17.7 Å². The quantitative estimate of drug-likeness (QED) is 0.261. The van der Waals surface area contributed by atoms with Crippen LogP contribution in [0.5, 0.6) is 11.5 Å². The lowest BCUT2D eigenvalue weighted by atomic mass is 10.1. The van der Waals surface area contributed by atoms with Crippen molar-refractivity contribution in [2.75, 3.05) is 13.7 Å². The smallest absolute Gasteiger partial charge is 0.266 e. The molecule has 3 aromatic rings. The molecule has 3 aromatic carbocycles. The maximum atomic E-state index is 13.1. The predicted octanol–water partition coefficient (Wildman–Crippen LogP) is 7.97. The Labute approximate surface area is 226 Å². The minimum Gasteiger partial charge on any atom is -0.497 e. The molecule has 180 valence electrons. The van der Waals surface area contributed by atoms with Gasteiger partial charge in [-0.15, -0.1) is 0 Å². The van der Waals surface area contributed by atoms with E-state index in [-0.39, 0.29) is 12.5 Å². The minimum atomic E-state index is -0.101. The summed E-state index contributed by atoms with van der Waals surface area (Å²) in [5, 5.41) is 1.73. The van der Waals surface area contributed by atoms with Crippen molar-refractivity contribution in [3.8, 4) is 11.5 Å². The van der Waals surface area contributed by atoms with Gasteiger partial charge < -0.3 is 9.47 Å². The number of halogens is 3. The number of hydrogen-bond donors (Lipinski definition) is 0. The van der Waals surface area contributed by atoms with Crippen molar-refractivity contribution < 1.29 is 14.3 Å². The molecular formula is C26H21BrCl2N2O3S. The summed E-state index contributed by atoms with van der Waals surface area (Å²) in [5.41, 5.74) is 2.32. The number of nitrogens with zero attached hydrogens (tertiary/aromatic N) is 2. The lowest BCUT2D eigenvalue weighted by Gasteiger charge is -2.12. The molecule has 35 heavy (non-hydrogen) atoms. The van der Waals surface area contributed by atoms with Gasteiger partial charge in [-0.05, 0) is 79.4 Å². The third-order valence-electron chi connectivity index (χ3n) is 5.16. The van der Waals surface area contributed by atoms with Crippen molar-refractivity contribution in [1.82, 2.24) is 4.90 Å². The van der Waals surface area contributed by atoms with Crippen LogP contribution in [0.3, 0.4) is 0 Å². The molecule has 0 saturated carbocycles. The summed E-state index contributed by atoms with van der Waals surface area (Å²) < 4.78 is 12.2. The number of methoxy groups -OCH3 is 1. The third-order valence-corrected chi connectivity index (χ3v) is 7.25. The summed E-state index contributed by atoms with van der Waals surface area (Å²) in [5.74, 6) is 1.28. The van der Waals surface area contributed by atoms with Crippen LogP contribution in [-0.2, 0) is 11.4 Å². The largest absolute Gasteiger partial charge is 0.497 e. The normalized spacial score (nSPS) is 15.8. The third kappa shape index (κ3) is 6.22. The van der Waals surface area contributed by atoms with Gasteiger partial charge in [0.15, 0.2) is 5.17 Å². The molecule has 1 saturated heterocycles. The van der Waals surface area contributed by atoms with Crippen LogP contribution in [0.1, 0.15) is 18.1 Å². The number of likely N-dealkylation sites (N-methyl/N-ethyl adjacent to an activating group) is 1. The number of hydrogen-bond acceptors (Lipinski definition) is 5. The molecule has 0 unspecified atom stereocenters. The molecule has 4 rings (SSSR count). The van der Waals surface area contributed by atoms with Gasteiger partial charge in [0.1, 0.15) is 18.1 Å². The van der Waals surface area contributed by atoms with Gasteiger partial charge in [-0.1, -0.05) is 45.2 Å². The van der Waals surface area contributed by atoms with Crippen LogP contribution in [0.25, 0.3) is 6.08 Å². The van der Waals surface area contributed by atoms with Gasteiger partial charge in [0.2, 0.25) is 0 Å². The summed E-state index contributed by atoms with van der Waals surface area (Å²) in [6, 6.07) is 18.3. The SMILES string of the molecule is CCN1C(=O)/C(=C\c2cc(Br)ccc2OCc2ccc(Cl)cc2Cl)SC1=Nc1ccc(OC)cc1. The number of ether oxygens (including phenoxy) is 2. The van der Waals surface area contributed by atoms with E-state index in [0.29, 0.717) is 32.4 Å². The monoisotopic (exact) mass is 590 g/mol. The average molecular weight is 592 g/mol. The Morgan fingerprint density at radius 1 is 1.09 bits per heavy atom. The van der Waals surface area contributed by atoms with Gasteiger partial charge in [-0.2, -0.15) is 0 Å². The lowest BCUT2D eigenvalue weighted by molar-refractivity contribution is -0.122. The predicted molar refractivity (Wildman–Crippen MR) is 148 cm³/mol. The number of carbonyl (C=O) groups is 1. The van der Waals surface area contributed by atoms with E-state index in [1.807, 2.05) is 61.5 Å². The number of rotatable bonds is 7. The number of carbonyl (C=O) groups excluding carboxylic acids is 1. The zero-order chi connectivity index (χ0) is 24.9. The maximum absolute atomic E-state index is 13.1. The van der Waals surface area contributed by atoms with Crippen molar-refractivity contribution in [2.45, 2.75) is 13.5 Å². The van der Waals surface area contributed by atoms with Crippen LogP contribution in [0.4, 0.5) is 5.69 Å². The van der Waals surface area contributed by atoms with E-state index in [9.17, 15) is 4.79 Å². The first-order valence-electron chi connectivity index (χ1n) is 10.7. The van der Waals surface area contributed by atoms with Gasteiger partial charge >= 0.3 is 0 Å². The van der Waals surface area contributed by atoms with Crippen LogP contribution >= 0.6 is 50.9 Å². The minimum absolute atomic E-state index is 0.101. The summed E-state index contributed by atoms with van der Waals surface area (Å²) in [7, 11) is 1.62. The number of amidine groups is 1. The first kappa shape index (κ1) is 25.6. The van der Waals surface area contributed by atoms with Crippen molar-refractivity contribution in [3.63, 3.8) is 0 Å². The van der Waals surface area contributed by atoms with E-state index in [1.165, 1.54) is 11.8 Å². The Bertz CT molecular complexity index is 1310. The van der Waals surface area contributed by atoms with E-state index in [4.69, 9.17) is 32.7 Å². The van der Waals surface area contributed by atoms with Crippen LogP contribution in [-0.4, -0.2) is 29.6 Å². The van der Waals surface area contributed by atoms with E-state index < -0.39 is 0 Å². The molecule has 0 N–H and O–H groups in total. The van der Waals surface area contributed by atoms with E-state index in [2.05, 4.69) is 20.9 Å². The second kappa shape index (κ2) is 11.5. The summed E-state index contributed by atoms with van der Waals surface area (Å²) >= 11 is 17.1. The van der Waals surface area contributed by atoms with Crippen LogP contribution < -0.4 is 9.47 Å². The van der Waals surface area contributed by atoms with Gasteiger partial charge in [0, 0.05) is 32.2 Å². The summed E-state index contributed by atoms with van der Waals surface area (Å²) in [6.45, 7) is 2.70. The molecule has 1 aliphatic heterocycles. The molecule has 1 amide bonds. The Kier molecular flexibility index (Phi) is 8.44. The van der Waals surface area contributed by atoms with Gasteiger partial charge in [-0.25, -0.2) is 4.99 Å².